The van der Waals surface area contributed by atoms with Crippen LogP contribution in [0.15, 0.2) is 35.7 Å². The SMILES string of the molecule is Cc1cccc(Cl)c1NC(=S)N(Cc1cccs1)C1CC(C)(C)NC(C)(C)C1. The summed E-state index contributed by atoms with van der Waals surface area (Å²) in [5, 5.41) is 10.8. The Kier molecular flexibility index (Phi) is 6.40. The van der Waals surface area contributed by atoms with Crippen molar-refractivity contribution in [3.63, 3.8) is 0 Å². The average molecular weight is 436 g/mol. The van der Waals surface area contributed by atoms with Gasteiger partial charge in [-0.05, 0) is 82.8 Å². The molecule has 0 atom stereocenters. The number of nitrogens with zero attached hydrogens (tertiary/aromatic N) is 1. The van der Waals surface area contributed by atoms with Crippen LogP contribution in [0.2, 0.25) is 5.02 Å². The summed E-state index contributed by atoms with van der Waals surface area (Å²) in [5.74, 6) is 0. The maximum Gasteiger partial charge on any atom is 0.174 e. The summed E-state index contributed by atoms with van der Waals surface area (Å²) in [5.41, 5.74) is 2.10. The Bertz CT molecular complexity index is 794. The number of thiocarbonyl (C=S) groups is 1. The van der Waals surface area contributed by atoms with Crippen LogP contribution in [0.3, 0.4) is 0 Å². The van der Waals surface area contributed by atoms with Crippen LogP contribution in [0.1, 0.15) is 51.0 Å². The van der Waals surface area contributed by atoms with Crippen LogP contribution in [0.5, 0.6) is 0 Å². The molecule has 152 valence electrons. The molecule has 0 radical (unpaired) electrons. The van der Waals surface area contributed by atoms with Crippen LogP contribution < -0.4 is 10.6 Å². The Morgan fingerprint density at radius 2 is 1.89 bits per heavy atom. The zero-order chi connectivity index (χ0) is 20.5. The molecule has 0 bridgehead atoms. The molecule has 1 fully saturated rings. The molecule has 1 aliphatic heterocycles. The van der Waals surface area contributed by atoms with Crippen molar-refractivity contribution < 1.29 is 0 Å². The van der Waals surface area contributed by atoms with Crippen LogP contribution in [0.4, 0.5) is 5.69 Å². The number of hydrogen-bond donors (Lipinski definition) is 2. The van der Waals surface area contributed by atoms with Crippen molar-refractivity contribution in [2.45, 2.75) is 71.1 Å². The number of anilines is 1. The molecule has 2 heterocycles. The van der Waals surface area contributed by atoms with Crippen molar-refractivity contribution in [1.82, 2.24) is 10.2 Å². The number of aryl methyl sites for hydroxylation is 1. The second kappa shape index (κ2) is 8.31. The number of para-hydroxylation sites is 1. The van der Waals surface area contributed by atoms with E-state index in [1.165, 1.54) is 4.88 Å². The quantitative estimate of drug-likeness (QED) is 0.557. The maximum atomic E-state index is 6.45. The third kappa shape index (κ3) is 5.26. The Labute approximate surface area is 183 Å². The number of benzene rings is 1. The summed E-state index contributed by atoms with van der Waals surface area (Å²) in [6.45, 7) is 12.0. The number of rotatable bonds is 4. The average Bonchev–Trinajstić information content (AvgIpc) is 3.06. The highest BCUT2D eigenvalue weighted by molar-refractivity contribution is 7.80. The fourth-order valence-electron chi connectivity index (χ4n) is 4.39. The van der Waals surface area contributed by atoms with E-state index >= 15 is 0 Å². The standard InChI is InChI=1S/C22H30ClN3S2/c1-15-8-6-10-18(23)19(15)24-20(27)26(14-17-9-7-11-28-17)16-12-21(2,3)25-22(4,5)13-16/h6-11,16,25H,12-14H2,1-5H3,(H,24,27). The zero-order valence-electron chi connectivity index (χ0n) is 17.3. The lowest BCUT2D eigenvalue weighted by molar-refractivity contribution is 0.102. The van der Waals surface area contributed by atoms with Crippen molar-refractivity contribution in [2.75, 3.05) is 5.32 Å². The van der Waals surface area contributed by atoms with Gasteiger partial charge < -0.3 is 15.5 Å². The monoisotopic (exact) mass is 435 g/mol. The molecule has 2 N–H and O–H groups in total. The van der Waals surface area contributed by atoms with E-state index in [1.54, 1.807) is 11.3 Å². The first-order chi connectivity index (χ1) is 13.1. The van der Waals surface area contributed by atoms with Crippen LogP contribution in [-0.4, -0.2) is 27.1 Å². The summed E-state index contributed by atoms with van der Waals surface area (Å²) >= 11 is 14.1. The summed E-state index contributed by atoms with van der Waals surface area (Å²) in [6.07, 6.45) is 2.07. The molecule has 6 heteroatoms. The molecule has 0 saturated carbocycles. The van der Waals surface area contributed by atoms with E-state index in [0.29, 0.717) is 11.1 Å². The summed E-state index contributed by atoms with van der Waals surface area (Å²) < 4.78 is 0. The highest BCUT2D eigenvalue weighted by atomic mass is 35.5. The molecule has 1 aromatic heterocycles. The van der Waals surface area contributed by atoms with Crippen molar-refractivity contribution in [2.24, 2.45) is 0 Å². The predicted octanol–water partition coefficient (Wildman–Crippen LogP) is 6.22. The minimum absolute atomic E-state index is 0.0516. The van der Waals surface area contributed by atoms with E-state index in [0.717, 1.165) is 35.7 Å². The fourth-order valence-corrected chi connectivity index (χ4v) is 5.68. The molecule has 3 rings (SSSR count). The van der Waals surface area contributed by atoms with Gasteiger partial charge in [-0.25, -0.2) is 0 Å². The molecule has 1 aromatic carbocycles. The third-order valence-electron chi connectivity index (χ3n) is 5.23. The van der Waals surface area contributed by atoms with E-state index in [2.05, 4.69) is 73.7 Å². The summed E-state index contributed by atoms with van der Waals surface area (Å²) in [6, 6.07) is 10.5. The van der Waals surface area contributed by atoms with Crippen LogP contribution in [0, 0.1) is 6.92 Å². The summed E-state index contributed by atoms with van der Waals surface area (Å²) in [7, 11) is 0. The first-order valence-electron chi connectivity index (χ1n) is 9.71. The first-order valence-corrected chi connectivity index (χ1v) is 11.4. The van der Waals surface area contributed by atoms with Gasteiger partial charge in [0.05, 0.1) is 17.3 Å². The largest absolute Gasteiger partial charge is 0.341 e. The third-order valence-corrected chi connectivity index (χ3v) is 6.74. The van der Waals surface area contributed by atoms with Gasteiger partial charge in [0.25, 0.3) is 0 Å². The van der Waals surface area contributed by atoms with Crippen molar-refractivity contribution in [3.05, 3.63) is 51.2 Å². The van der Waals surface area contributed by atoms with Gasteiger partial charge in [0.15, 0.2) is 5.11 Å². The van der Waals surface area contributed by atoms with Crippen molar-refractivity contribution in [3.8, 4) is 0 Å². The summed E-state index contributed by atoms with van der Waals surface area (Å²) in [4.78, 5) is 3.67. The van der Waals surface area contributed by atoms with Crippen molar-refractivity contribution >= 4 is 46.0 Å². The number of hydrogen-bond acceptors (Lipinski definition) is 3. The van der Waals surface area contributed by atoms with E-state index in [9.17, 15) is 0 Å². The van der Waals surface area contributed by atoms with Gasteiger partial charge in [0.1, 0.15) is 0 Å². The van der Waals surface area contributed by atoms with E-state index in [1.807, 2.05) is 12.1 Å². The topological polar surface area (TPSA) is 27.3 Å². The first kappa shape index (κ1) is 21.6. The molecule has 0 spiro atoms. The number of thiophene rings is 1. The predicted molar refractivity (Wildman–Crippen MR) is 127 cm³/mol. The van der Waals surface area contributed by atoms with Gasteiger partial charge in [-0.2, -0.15) is 0 Å². The molecule has 0 aliphatic carbocycles. The number of piperidine rings is 1. The minimum atomic E-state index is 0.0516. The molecule has 3 nitrogen and oxygen atoms in total. The molecular formula is C22H30ClN3S2. The molecule has 2 aromatic rings. The molecular weight excluding hydrogens is 406 g/mol. The van der Waals surface area contributed by atoms with E-state index < -0.39 is 0 Å². The van der Waals surface area contributed by atoms with Crippen molar-refractivity contribution in [1.29, 1.82) is 0 Å². The van der Waals surface area contributed by atoms with Gasteiger partial charge in [-0.3, -0.25) is 0 Å². The van der Waals surface area contributed by atoms with Gasteiger partial charge in [-0.1, -0.05) is 29.8 Å². The molecule has 0 unspecified atom stereocenters. The lowest BCUT2D eigenvalue weighted by Crippen LogP contribution is -2.63. The lowest BCUT2D eigenvalue weighted by atomic mass is 9.79. The van der Waals surface area contributed by atoms with E-state index in [4.69, 9.17) is 23.8 Å². The normalized spacial score (nSPS) is 18.6. The smallest absolute Gasteiger partial charge is 0.174 e. The Morgan fingerprint density at radius 3 is 2.46 bits per heavy atom. The van der Waals surface area contributed by atoms with E-state index in [-0.39, 0.29) is 11.1 Å². The molecule has 28 heavy (non-hydrogen) atoms. The zero-order valence-corrected chi connectivity index (χ0v) is 19.7. The number of halogens is 1. The highest BCUT2D eigenvalue weighted by Crippen LogP contribution is 2.34. The van der Waals surface area contributed by atoms with Gasteiger partial charge in [0, 0.05) is 22.0 Å². The Morgan fingerprint density at radius 1 is 1.21 bits per heavy atom. The lowest BCUT2D eigenvalue weighted by Gasteiger charge is -2.50. The van der Waals surface area contributed by atoms with Crippen LogP contribution in [-0.2, 0) is 6.54 Å². The molecule has 1 saturated heterocycles. The van der Waals surface area contributed by atoms with Gasteiger partial charge in [-0.15, -0.1) is 11.3 Å². The second-order valence-corrected chi connectivity index (χ2v) is 10.9. The highest BCUT2D eigenvalue weighted by Gasteiger charge is 2.40. The molecule has 0 amide bonds. The minimum Gasteiger partial charge on any atom is -0.341 e. The molecule has 1 aliphatic rings. The fraction of sp³-hybridized carbons (Fsp3) is 0.500. The second-order valence-electron chi connectivity index (χ2n) is 9.02. The van der Waals surface area contributed by atoms with Crippen LogP contribution in [0.25, 0.3) is 0 Å². The number of nitrogens with one attached hydrogen (secondary N) is 2. The van der Waals surface area contributed by atoms with Gasteiger partial charge in [0.2, 0.25) is 0 Å². The van der Waals surface area contributed by atoms with Crippen LogP contribution >= 0.6 is 35.2 Å². The van der Waals surface area contributed by atoms with Gasteiger partial charge >= 0.3 is 0 Å². The maximum absolute atomic E-state index is 6.45. The Hall–Kier alpha value is -1.14. The Balaban J connectivity index is 1.89.